The van der Waals surface area contributed by atoms with Crippen LogP contribution in [0.25, 0.3) is 11.0 Å². The van der Waals surface area contributed by atoms with E-state index in [0.717, 1.165) is 11.0 Å². The van der Waals surface area contributed by atoms with E-state index >= 15 is 0 Å². The molecule has 0 aliphatic rings. The van der Waals surface area contributed by atoms with Crippen LogP contribution in [0.15, 0.2) is 42.5 Å². The second-order valence-electron chi connectivity index (χ2n) is 4.85. The smallest absolute Gasteiger partial charge is 0.224 e. The van der Waals surface area contributed by atoms with Gasteiger partial charge in [0.05, 0.1) is 24.0 Å². The fourth-order valence-electron chi connectivity index (χ4n) is 2.20. The van der Waals surface area contributed by atoms with Crippen molar-refractivity contribution >= 4 is 28.5 Å². The molecule has 0 spiro atoms. The number of carbonyl (C=O) groups is 1. The second-order valence-corrected chi connectivity index (χ2v) is 5.26. The van der Waals surface area contributed by atoms with E-state index in [4.69, 9.17) is 11.6 Å². The summed E-state index contributed by atoms with van der Waals surface area (Å²) in [6.07, 6.45) is -0.105. The minimum Gasteiger partial charge on any atom is -0.349 e. The normalized spacial score (nSPS) is 10.8. The zero-order valence-corrected chi connectivity index (χ0v) is 12.3. The molecule has 0 unspecified atom stereocenters. The number of nitrogens with zero attached hydrogens (tertiary/aromatic N) is 1. The highest BCUT2D eigenvalue weighted by Gasteiger charge is 2.12. The molecule has 112 valence electrons. The number of para-hydroxylation sites is 2. The maximum atomic E-state index is 13.6. The third-order valence-corrected chi connectivity index (χ3v) is 3.64. The van der Waals surface area contributed by atoms with Crippen LogP contribution in [0, 0.1) is 5.82 Å². The number of rotatable bonds is 4. The molecule has 1 aromatic heterocycles. The van der Waals surface area contributed by atoms with E-state index in [9.17, 15) is 9.18 Å². The van der Waals surface area contributed by atoms with Crippen LogP contribution < -0.4 is 5.32 Å². The third kappa shape index (κ3) is 3.09. The zero-order valence-electron chi connectivity index (χ0n) is 11.6. The Morgan fingerprint density at radius 2 is 2.05 bits per heavy atom. The van der Waals surface area contributed by atoms with Crippen molar-refractivity contribution in [2.45, 2.75) is 13.0 Å². The number of benzene rings is 2. The average molecular weight is 318 g/mol. The van der Waals surface area contributed by atoms with Gasteiger partial charge in [-0.2, -0.15) is 0 Å². The van der Waals surface area contributed by atoms with E-state index in [2.05, 4.69) is 15.3 Å². The van der Waals surface area contributed by atoms with Gasteiger partial charge in [0.15, 0.2) is 0 Å². The Kier molecular flexibility index (Phi) is 4.06. The molecule has 3 aromatic rings. The topological polar surface area (TPSA) is 57.8 Å². The van der Waals surface area contributed by atoms with Gasteiger partial charge in [-0.15, -0.1) is 0 Å². The molecule has 0 aliphatic carbocycles. The number of imidazole rings is 1. The van der Waals surface area contributed by atoms with Gasteiger partial charge in [-0.25, -0.2) is 9.37 Å². The lowest BCUT2D eigenvalue weighted by atomic mass is 10.1. The lowest BCUT2D eigenvalue weighted by molar-refractivity contribution is -0.120. The van der Waals surface area contributed by atoms with Crippen LogP contribution in [-0.4, -0.2) is 15.9 Å². The summed E-state index contributed by atoms with van der Waals surface area (Å²) in [6.45, 7) is 0.250. The molecule has 2 N–H and O–H groups in total. The summed E-state index contributed by atoms with van der Waals surface area (Å²) in [5, 5.41) is 2.95. The van der Waals surface area contributed by atoms with Crippen LogP contribution in [0.5, 0.6) is 0 Å². The van der Waals surface area contributed by atoms with Crippen LogP contribution in [0.1, 0.15) is 11.4 Å². The van der Waals surface area contributed by atoms with E-state index in [1.165, 1.54) is 12.1 Å². The minimum absolute atomic E-state index is 0.105. The Labute approximate surface area is 131 Å². The van der Waals surface area contributed by atoms with Gasteiger partial charge in [0.25, 0.3) is 0 Å². The number of hydrogen-bond acceptors (Lipinski definition) is 2. The summed E-state index contributed by atoms with van der Waals surface area (Å²) in [4.78, 5) is 19.4. The van der Waals surface area contributed by atoms with Gasteiger partial charge < -0.3 is 10.3 Å². The summed E-state index contributed by atoms with van der Waals surface area (Å²) in [5.74, 6) is -0.145. The molecule has 0 fully saturated rings. The third-order valence-electron chi connectivity index (χ3n) is 3.29. The SMILES string of the molecule is O=C(Cc1c(F)cccc1Cl)NCc1nc2ccccc2[nH]1. The number of hydrogen-bond donors (Lipinski definition) is 2. The van der Waals surface area contributed by atoms with E-state index in [1.54, 1.807) is 6.07 Å². The molecule has 0 atom stereocenters. The standard InChI is InChI=1S/C16H13ClFN3O/c17-11-4-3-5-12(18)10(11)8-16(22)19-9-15-20-13-6-1-2-7-14(13)21-15/h1-7H,8-9H2,(H,19,22)(H,20,21). The number of aromatic amines is 1. The van der Waals surface area contributed by atoms with Gasteiger partial charge in [0.2, 0.25) is 5.91 Å². The van der Waals surface area contributed by atoms with Crippen LogP contribution in [0.2, 0.25) is 5.02 Å². The summed E-state index contributed by atoms with van der Waals surface area (Å²) in [7, 11) is 0. The minimum atomic E-state index is -0.480. The monoisotopic (exact) mass is 317 g/mol. The molecule has 0 bridgehead atoms. The first-order valence-electron chi connectivity index (χ1n) is 6.76. The van der Waals surface area contributed by atoms with E-state index in [-0.39, 0.29) is 29.5 Å². The van der Waals surface area contributed by atoms with Crippen molar-refractivity contribution in [2.24, 2.45) is 0 Å². The maximum absolute atomic E-state index is 13.6. The van der Waals surface area contributed by atoms with Crippen LogP contribution in [0.3, 0.4) is 0 Å². The maximum Gasteiger partial charge on any atom is 0.224 e. The predicted molar refractivity (Wildman–Crippen MR) is 83.1 cm³/mol. The van der Waals surface area contributed by atoms with Crippen LogP contribution >= 0.6 is 11.6 Å². The molecular weight excluding hydrogens is 305 g/mol. The molecule has 0 aliphatic heterocycles. The van der Waals surface area contributed by atoms with Crippen molar-refractivity contribution in [3.8, 4) is 0 Å². The first-order valence-corrected chi connectivity index (χ1v) is 7.14. The molecule has 4 nitrogen and oxygen atoms in total. The van der Waals surface area contributed by atoms with Gasteiger partial charge >= 0.3 is 0 Å². The highest BCUT2D eigenvalue weighted by atomic mass is 35.5. The molecule has 1 amide bonds. The van der Waals surface area contributed by atoms with E-state index in [1.807, 2.05) is 24.3 Å². The second kappa shape index (κ2) is 6.15. The Balaban J connectivity index is 1.65. The number of nitrogens with one attached hydrogen (secondary N) is 2. The molecule has 0 radical (unpaired) electrons. The fraction of sp³-hybridized carbons (Fsp3) is 0.125. The van der Waals surface area contributed by atoms with Crippen molar-refractivity contribution < 1.29 is 9.18 Å². The van der Waals surface area contributed by atoms with E-state index in [0.29, 0.717) is 5.82 Å². The number of carbonyl (C=O) groups excluding carboxylic acids is 1. The van der Waals surface area contributed by atoms with Crippen molar-refractivity contribution in [1.29, 1.82) is 0 Å². The zero-order chi connectivity index (χ0) is 15.5. The number of fused-ring (bicyclic) bond motifs is 1. The molecule has 0 saturated carbocycles. The van der Waals surface area contributed by atoms with Gasteiger partial charge in [0.1, 0.15) is 11.6 Å². The number of halogens is 2. The Hall–Kier alpha value is -2.40. The molecule has 1 heterocycles. The van der Waals surface area contributed by atoms with Gasteiger partial charge in [0, 0.05) is 10.6 Å². The number of aromatic nitrogens is 2. The molecule has 2 aromatic carbocycles. The quantitative estimate of drug-likeness (QED) is 0.776. The molecular formula is C16H13ClFN3O. The fourth-order valence-corrected chi connectivity index (χ4v) is 2.43. The van der Waals surface area contributed by atoms with Gasteiger partial charge in [-0.3, -0.25) is 4.79 Å². The molecule has 0 saturated heterocycles. The number of amides is 1. The first kappa shape index (κ1) is 14.5. The van der Waals surface area contributed by atoms with Crippen molar-refractivity contribution in [3.63, 3.8) is 0 Å². The lowest BCUT2D eigenvalue weighted by Crippen LogP contribution is -2.25. The first-order chi connectivity index (χ1) is 10.6. The summed E-state index contributed by atoms with van der Waals surface area (Å²) in [6, 6.07) is 11.9. The number of H-pyrrole nitrogens is 1. The highest BCUT2D eigenvalue weighted by Crippen LogP contribution is 2.19. The summed E-state index contributed by atoms with van der Waals surface area (Å²) < 4.78 is 13.6. The lowest BCUT2D eigenvalue weighted by Gasteiger charge is -2.06. The van der Waals surface area contributed by atoms with Crippen LogP contribution in [0.4, 0.5) is 4.39 Å². The summed E-state index contributed by atoms with van der Waals surface area (Å²) >= 11 is 5.91. The Morgan fingerprint density at radius 1 is 1.23 bits per heavy atom. The van der Waals surface area contributed by atoms with Crippen LogP contribution in [-0.2, 0) is 17.8 Å². The van der Waals surface area contributed by atoms with Crippen molar-refractivity contribution in [3.05, 3.63) is 64.7 Å². The molecule has 6 heteroatoms. The van der Waals surface area contributed by atoms with Gasteiger partial charge in [-0.05, 0) is 24.3 Å². The van der Waals surface area contributed by atoms with Crippen molar-refractivity contribution in [2.75, 3.05) is 0 Å². The van der Waals surface area contributed by atoms with Crippen molar-refractivity contribution in [1.82, 2.24) is 15.3 Å². The average Bonchev–Trinajstić information content (AvgIpc) is 2.92. The largest absolute Gasteiger partial charge is 0.349 e. The summed E-state index contributed by atoms with van der Waals surface area (Å²) in [5.41, 5.74) is 1.94. The predicted octanol–water partition coefficient (Wildman–Crippen LogP) is 3.21. The van der Waals surface area contributed by atoms with Gasteiger partial charge in [-0.1, -0.05) is 29.8 Å². The Bertz CT molecular complexity index is 778. The molecule has 3 rings (SSSR count). The highest BCUT2D eigenvalue weighted by molar-refractivity contribution is 6.31. The Morgan fingerprint density at radius 3 is 2.82 bits per heavy atom. The van der Waals surface area contributed by atoms with E-state index < -0.39 is 5.82 Å². The molecule has 22 heavy (non-hydrogen) atoms.